The van der Waals surface area contributed by atoms with Gasteiger partial charge in [0, 0.05) is 39.0 Å². The molecule has 1 aromatic carbocycles. The van der Waals surface area contributed by atoms with Crippen molar-refractivity contribution >= 4 is 17.7 Å². The highest BCUT2D eigenvalue weighted by Crippen LogP contribution is 2.19. The van der Waals surface area contributed by atoms with Crippen LogP contribution in [0, 0.1) is 0 Å². The van der Waals surface area contributed by atoms with Crippen molar-refractivity contribution in [1.29, 1.82) is 0 Å². The molecule has 2 heterocycles. The van der Waals surface area contributed by atoms with Crippen LogP contribution >= 0.6 is 0 Å². The molecule has 3 rings (SSSR count). The molecule has 122 valence electrons. The third-order valence-corrected chi connectivity index (χ3v) is 4.43. The van der Waals surface area contributed by atoms with E-state index in [9.17, 15) is 14.4 Å². The van der Waals surface area contributed by atoms with E-state index in [1.807, 2.05) is 23.1 Å². The molecule has 23 heavy (non-hydrogen) atoms. The lowest BCUT2D eigenvalue weighted by Crippen LogP contribution is -2.50. The van der Waals surface area contributed by atoms with Gasteiger partial charge in [0.1, 0.15) is 0 Å². The number of nitrogens with one attached hydrogen (secondary N) is 1. The number of hydrogen-bond donors (Lipinski definition) is 1. The fourth-order valence-electron chi connectivity index (χ4n) is 3.09. The number of amides is 3. The molecule has 1 N–H and O–H groups in total. The standard InChI is InChI=1S/C17H21N3O3/c21-15-12-20(10-8-18-15)17(23)6-5-16(22)19-9-7-13-3-1-2-4-14(13)11-19/h1-4H,5-12H2,(H,18,21). The number of benzene rings is 1. The van der Waals surface area contributed by atoms with Gasteiger partial charge in [-0.2, -0.15) is 0 Å². The van der Waals surface area contributed by atoms with Crippen LogP contribution in [0.15, 0.2) is 24.3 Å². The van der Waals surface area contributed by atoms with E-state index >= 15 is 0 Å². The number of nitrogens with zero attached hydrogens (tertiary/aromatic N) is 2. The van der Waals surface area contributed by atoms with E-state index in [2.05, 4.69) is 11.4 Å². The monoisotopic (exact) mass is 315 g/mol. The smallest absolute Gasteiger partial charge is 0.239 e. The van der Waals surface area contributed by atoms with Crippen LogP contribution in [-0.2, 0) is 27.3 Å². The van der Waals surface area contributed by atoms with Gasteiger partial charge in [-0.15, -0.1) is 0 Å². The quantitative estimate of drug-likeness (QED) is 0.873. The predicted molar refractivity (Wildman–Crippen MR) is 84.4 cm³/mol. The molecular weight excluding hydrogens is 294 g/mol. The first-order valence-corrected chi connectivity index (χ1v) is 8.02. The summed E-state index contributed by atoms with van der Waals surface area (Å²) in [6, 6.07) is 8.15. The van der Waals surface area contributed by atoms with Gasteiger partial charge in [0.2, 0.25) is 17.7 Å². The van der Waals surface area contributed by atoms with Crippen molar-refractivity contribution in [1.82, 2.24) is 15.1 Å². The summed E-state index contributed by atoms with van der Waals surface area (Å²) in [5.41, 5.74) is 2.48. The Morgan fingerprint density at radius 3 is 2.30 bits per heavy atom. The van der Waals surface area contributed by atoms with E-state index in [-0.39, 0.29) is 37.1 Å². The summed E-state index contributed by atoms with van der Waals surface area (Å²) in [5, 5.41) is 2.68. The number of carbonyl (C=O) groups excluding carboxylic acids is 3. The van der Waals surface area contributed by atoms with Crippen LogP contribution in [0.5, 0.6) is 0 Å². The molecule has 0 atom stereocenters. The molecule has 2 aliphatic heterocycles. The highest BCUT2D eigenvalue weighted by atomic mass is 16.2. The first kappa shape index (κ1) is 15.5. The number of hydrogen-bond acceptors (Lipinski definition) is 3. The third kappa shape index (κ3) is 3.70. The molecule has 2 aliphatic rings. The number of fused-ring (bicyclic) bond motifs is 1. The van der Waals surface area contributed by atoms with Gasteiger partial charge < -0.3 is 15.1 Å². The zero-order valence-corrected chi connectivity index (χ0v) is 13.1. The lowest BCUT2D eigenvalue weighted by Gasteiger charge is -2.30. The van der Waals surface area contributed by atoms with Gasteiger partial charge in [-0.05, 0) is 17.5 Å². The first-order valence-electron chi connectivity index (χ1n) is 8.02. The minimum Gasteiger partial charge on any atom is -0.353 e. The number of carbonyl (C=O) groups is 3. The van der Waals surface area contributed by atoms with Crippen molar-refractivity contribution in [2.45, 2.75) is 25.8 Å². The molecular formula is C17H21N3O3. The van der Waals surface area contributed by atoms with Crippen LogP contribution in [0.2, 0.25) is 0 Å². The molecule has 0 aliphatic carbocycles. The van der Waals surface area contributed by atoms with Crippen LogP contribution in [-0.4, -0.2) is 53.7 Å². The van der Waals surface area contributed by atoms with E-state index in [0.29, 0.717) is 26.2 Å². The second-order valence-corrected chi connectivity index (χ2v) is 6.00. The van der Waals surface area contributed by atoms with Crippen LogP contribution in [0.4, 0.5) is 0 Å². The molecule has 1 aromatic rings. The minimum absolute atomic E-state index is 0.00862. The molecule has 1 fully saturated rings. The minimum atomic E-state index is -0.136. The van der Waals surface area contributed by atoms with Crippen LogP contribution in [0.3, 0.4) is 0 Å². The van der Waals surface area contributed by atoms with Gasteiger partial charge in [-0.3, -0.25) is 14.4 Å². The summed E-state index contributed by atoms with van der Waals surface area (Å²) in [5.74, 6) is -0.247. The lowest BCUT2D eigenvalue weighted by atomic mass is 9.99. The SMILES string of the molecule is O=C1CN(C(=O)CCC(=O)N2CCc3ccccc3C2)CCN1. The summed E-state index contributed by atoms with van der Waals surface area (Å²) < 4.78 is 0. The molecule has 0 aromatic heterocycles. The van der Waals surface area contributed by atoms with E-state index < -0.39 is 0 Å². The van der Waals surface area contributed by atoms with Crippen molar-refractivity contribution in [3.63, 3.8) is 0 Å². The first-order chi connectivity index (χ1) is 11.1. The molecule has 3 amide bonds. The van der Waals surface area contributed by atoms with Crippen LogP contribution in [0.1, 0.15) is 24.0 Å². The molecule has 6 heteroatoms. The van der Waals surface area contributed by atoms with Gasteiger partial charge in [-0.25, -0.2) is 0 Å². The van der Waals surface area contributed by atoms with Crippen LogP contribution in [0.25, 0.3) is 0 Å². The lowest BCUT2D eigenvalue weighted by molar-refractivity contribution is -0.140. The second-order valence-electron chi connectivity index (χ2n) is 6.00. The Morgan fingerprint density at radius 1 is 0.957 bits per heavy atom. The number of rotatable bonds is 3. The zero-order valence-electron chi connectivity index (χ0n) is 13.1. The van der Waals surface area contributed by atoms with E-state index in [4.69, 9.17) is 0 Å². The Kier molecular flexibility index (Phi) is 4.60. The summed E-state index contributed by atoms with van der Waals surface area (Å²) in [6.45, 7) is 2.44. The maximum absolute atomic E-state index is 12.3. The largest absolute Gasteiger partial charge is 0.353 e. The maximum Gasteiger partial charge on any atom is 0.239 e. The molecule has 0 unspecified atom stereocenters. The van der Waals surface area contributed by atoms with Gasteiger partial charge in [-0.1, -0.05) is 24.3 Å². The third-order valence-electron chi connectivity index (χ3n) is 4.43. The van der Waals surface area contributed by atoms with Gasteiger partial charge in [0.15, 0.2) is 0 Å². The van der Waals surface area contributed by atoms with Gasteiger partial charge in [0.25, 0.3) is 0 Å². The molecule has 0 radical (unpaired) electrons. The summed E-state index contributed by atoms with van der Waals surface area (Å²) in [4.78, 5) is 39.1. The predicted octanol–water partition coefficient (Wildman–Crippen LogP) is 0.310. The highest BCUT2D eigenvalue weighted by Gasteiger charge is 2.24. The van der Waals surface area contributed by atoms with E-state index in [1.54, 1.807) is 0 Å². The highest BCUT2D eigenvalue weighted by molar-refractivity contribution is 5.88. The molecule has 0 bridgehead atoms. The fraction of sp³-hybridized carbons (Fsp3) is 0.471. The topological polar surface area (TPSA) is 69.7 Å². The Bertz CT molecular complexity index is 629. The Balaban J connectivity index is 1.50. The van der Waals surface area contributed by atoms with E-state index in [0.717, 1.165) is 6.42 Å². The van der Waals surface area contributed by atoms with Gasteiger partial charge >= 0.3 is 0 Å². The van der Waals surface area contributed by atoms with Crippen molar-refractivity contribution in [3.8, 4) is 0 Å². The van der Waals surface area contributed by atoms with Crippen molar-refractivity contribution in [3.05, 3.63) is 35.4 Å². The molecule has 1 saturated heterocycles. The number of piperazine rings is 1. The van der Waals surface area contributed by atoms with Crippen molar-refractivity contribution < 1.29 is 14.4 Å². The summed E-state index contributed by atoms with van der Waals surface area (Å²) in [7, 11) is 0. The Morgan fingerprint density at radius 2 is 1.61 bits per heavy atom. The van der Waals surface area contributed by atoms with Crippen molar-refractivity contribution in [2.75, 3.05) is 26.2 Å². The van der Waals surface area contributed by atoms with Crippen molar-refractivity contribution in [2.24, 2.45) is 0 Å². The Labute approximate surface area is 135 Å². The van der Waals surface area contributed by atoms with Gasteiger partial charge in [0.05, 0.1) is 6.54 Å². The zero-order chi connectivity index (χ0) is 16.2. The summed E-state index contributed by atoms with van der Waals surface area (Å²) in [6.07, 6.45) is 1.24. The molecule has 6 nitrogen and oxygen atoms in total. The molecule has 0 spiro atoms. The average Bonchev–Trinajstić information content (AvgIpc) is 2.59. The van der Waals surface area contributed by atoms with E-state index in [1.165, 1.54) is 16.0 Å². The fourth-order valence-corrected chi connectivity index (χ4v) is 3.09. The summed E-state index contributed by atoms with van der Waals surface area (Å²) >= 11 is 0. The second kappa shape index (κ2) is 6.81. The average molecular weight is 315 g/mol. The van der Waals surface area contributed by atoms with Crippen LogP contribution < -0.4 is 5.32 Å². The molecule has 0 saturated carbocycles. The normalized spacial score (nSPS) is 17.5. The maximum atomic E-state index is 12.3. The Hall–Kier alpha value is -2.37.